The summed E-state index contributed by atoms with van der Waals surface area (Å²) in [5.74, 6) is 0.479. The third-order valence-corrected chi connectivity index (χ3v) is 5.42. The number of nitrogens with zero attached hydrogens (tertiary/aromatic N) is 1. The minimum Gasteiger partial charge on any atom is -0.216 e. The van der Waals surface area contributed by atoms with Crippen LogP contribution in [0.5, 0.6) is 0 Å². The molecule has 1 fully saturated rings. The maximum absolute atomic E-state index is 11.6. The second-order valence-electron chi connectivity index (χ2n) is 4.49. The highest BCUT2D eigenvalue weighted by molar-refractivity contribution is 7.86. The van der Waals surface area contributed by atoms with E-state index >= 15 is 0 Å². The normalized spacial score (nSPS) is 26.7. The summed E-state index contributed by atoms with van der Waals surface area (Å²) in [7, 11) is -3.56. The largest absolute Gasteiger partial charge is 0.277 e. The van der Waals surface area contributed by atoms with E-state index in [1.54, 1.807) is 11.3 Å². The highest BCUT2D eigenvalue weighted by Gasteiger charge is 2.43. The molecule has 1 aromatic heterocycles. The van der Waals surface area contributed by atoms with Crippen LogP contribution in [0.15, 0.2) is 11.4 Å². The first-order chi connectivity index (χ1) is 7.57. The van der Waals surface area contributed by atoms with E-state index in [1.807, 2.05) is 5.38 Å². The molecule has 3 rings (SSSR count). The molecule has 88 valence electrons. The fourth-order valence-corrected chi connectivity index (χ4v) is 4.37. The first kappa shape index (κ1) is 10.7. The summed E-state index contributed by atoms with van der Waals surface area (Å²) in [5.41, 5.74) is 1.19. The Balaban J connectivity index is 2.04. The van der Waals surface area contributed by atoms with E-state index in [2.05, 4.69) is 6.07 Å². The number of fused-ring (bicyclic) bond motifs is 1. The van der Waals surface area contributed by atoms with E-state index in [0.717, 1.165) is 19.3 Å². The van der Waals surface area contributed by atoms with Gasteiger partial charge in [-0.2, -0.15) is 12.7 Å². The van der Waals surface area contributed by atoms with Crippen LogP contribution in [0, 0.1) is 5.92 Å². The molecule has 0 amide bonds. The molecular weight excluding hydrogens is 244 g/mol. The van der Waals surface area contributed by atoms with Gasteiger partial charge in [-0.1, -0.05) is 0 Å². The van der Waals surface area contributed by atoms with Gasteiger partial charge in [-0.25, -0.2) is 5.14 Å². The van der Waals surface area contributed by atoms with Crippen LogP contribution < -0.4 is 5.14 Å². The molecule has 1 aromatic rings. The Hall–Kier alpha value is -0.430. The van der Waals surface area contributed by atoms with Crippen molar-refractivity contribution >= 4 is 21.5 Å². The number of hydrogen-bond donors (Lipinski definition) is 1. The quantitative estimate of drug-likeness (QED) is 0.868. The zero-order valence-electron chi connectivity index (χ0n) is 8.80. The van der Waals surface area contributed by atoms with Gasteiger partial charge < -0.3 is 0 Å². The molecule has 0 aromatic carbocycles. The van der Waals surface area contributed by atoms with Crippen molar-refractivity contribution in [1.82, 2.24) is 4.31 Å². The van der Waals surface area contributed by atoms with Crippen molar-refractivity contribution in [3.8, 4) is 0 Å². The van der Waals surface area contributed by atoms with Gasteiger partial charge in [-0.05, 0) is 42.2 Å². The zero-order chi connectivity index (χ0) is 11.3. The van der Waals surface area contributed by atoms with Gasteiger partial charge in [0.2, 0.25) is 0 Å². The Morgan fingerprint density at radius 1 is 1.44 bits per heavy atom. The van der Waals surface area contributed by atoms with Crippen molar-refractivity contribution in [3.05, 3.63) is 21.9 Å². The maximum Gasteiger partial charge on any atom is 0.277 e. The molecule has 2 N–H and O–H groups in total. The summed E-state index contributed by atoms with van der Waals surface area (Å²) in [5, 5.41) is 7.34. The van der Waals surface area contributed by atoms with Gasteiger partial charge in [0, 0.05) is 11.4 Å². The van der Waals surface area contributed by atoms with Crippen LogP contribution in [-0.4, -0.2) is 19.3 Å². The van der Waals surface area contributed by atoms with Crippen LogP contribution in [-0.2, 0) is 16.6 Å². The molecule has 1 aliphatic carbocycles. The van der Waals surface area contributed by atoms with Crippen molar-refractivity contribution in [1.29, 1.82) is 0 Å². The van der Waals surface area contributed by atoms with Crippen LogP contribution in [0.1, 0.15) is 29.3 Å². The predicted molar refractivity (Wildman–Crippen MR) is 63.3 cm³/mol. The van der Waals surface area contributed by atoms with Gasteiger partial charge in [0.15, 0.2) is 0 Å². The Labute approximate surface area is 99.2 Å². The third-order valence-electron chi connectivity index (χ3n) is 3.36. The summed E-state index contributed by atoms with van der Waals surface area (Å²) in [4.78, 5) is 1.33. The highest BCUT2D eigenvalue weighted by atomic mass is 32.2. The Bertz CT molecular complexity index is 505. The van der Waals surface area contributed by atoms with Crippen LogP contribution in [0.4, 0.5) is 0 Å². The van der Waals surface area contributed by atoms with Crippen LogP contribution in [0.3, 0.4) is 0 Å². The van der Waals surface area contributed by atoms with E-state index in [0.29, 0.717) is 12.5 Å². The van der Waals surface area contributed by atoms with Crippen molar-refractivity contribution in [2.45, 2.75) is 25.3 Å². The highest BCUT2D eigenvalue weighted by Crippen LogP contribution is 2.48. The lowest BCUT2D eigenvalue weighted by Gasteiger charge is -2.33. The maximum atomic E-state index is 11.6. The summed E-state index contributed by atoms with van der Waals surface area (Å²) < 4.78 is 24.6. The van der Waals surface area contributed by atoms with Gasteiger partial charge in [0.05, 0.1) is 6.04 Å². The fraction of sp³-hybridized carbons (Fsp3) is 0.600. The monoisotopic (exact) mass is 258 g/mol. The molecule has 1 saturated carbocycles. The van der Waals surface area contributed by atoms with E-state index in [4.69, 9.17) is 5.14 Å². The van der Waals surface area contributed by atoms with Gasteiger partial charge in [-0.15, -0.1) is 11.3 Å². The number of nitrogens with two attached hydrogens (primary N) is 1. The van der Waals surface area contributed by atoms with E-state index in [9.17, 15) is 8.42 Å². The minimum atomic E-state index is -3.56. The topological polar surface area (TPSA) is 63.4 Å². The second kappa shape index (κ2) is 3.53. The SMILES string of the molecule is NS(=O)(=O)N1CCc2sccc2C1C1CC1. The lowest BCUT2D eigenvalue weighted by atomic mass is 9.98. The van der Waals surface area contributed by atoms with Crippen molar-refractivity contribution in [2.24, 2.45) is 11.1 Å². The molecule has 6 heteroatoms. The fourth-order valence-electron chi connectivity index (χ4n) is 2.51. The molecule has 0 saturated heterocycles. The molecule has 1 aliphatic heterocycles. The molecule has 2 aliphatic rings. The summed E-state index contributed by atoms with van der Waals surface area (Å²) in [6, 6.07) is 2.06. The minimum absolute atomic E-state index is 0.00463. The molecule has 1 unspecified atom stereocenters. The lowest BCUT2D eigenvalue weighted by Crippen LogP contribution is -2.44. The molecule has 4 nitrogen and oxygen atoms in total. The molecular formula is C10H14N2O2S2. The Morgan fingerprint density at radius 3 is 2.81 bits per heavy atom. The number of hydrogen-bond acceptors (Lipinski definition) is 3. The van der Waals surface area contributed by atoms with Crippen LogP contribution in [0.25, 0.3) is 0 Å². The average Bonchev–Trinajstić information content (AvgIpc) is 2.92. The Kier molecular flexibility index (Phi) is 2.36. The molecule has 0 bridgehead atoms. The van der Waals surface area contributed by atoms with E-state index in [-0.39, 0.29) is 6.04 Å². The van der Waals surface area contributed by atoms with Gasteiger partial charge in [0.1, 0.15) is 0 Å². The molecule has 2 heterocycles. The van der Waals surface area contributed by atoms with Gasteiger partial charge in [-0.3, -0.25) is 0 Å². The molecule has 0 radical (unpaired) electrons. The van der Waals surface area contributed by atoms with Crippen LogP contribution >= 0.6 is 11.3 Å². The predicted octanol–water partition coefficient (Wildman–Crippen LogP) is 1.26. The van der Waals surface area contributed by atoms with E-state index in [1.165, 1.54) is 14.7 Å². The lowest BCUT2D eigenvalue weighted by molar-refractivity contribution is 0.283. The molecule has 16 heavy (non-hydrogen) atoms. The first-order valence-electron chi connectivity index (χ1n) is 5.43. The standard InChI is InChI=1S/C10H14N2O2S2/c11-16(13,14)12-5-3-9-8(4-6-15-9)10(12)7-1-2-7/h4,6-7,10H,1-3,5H2,(H2,11,13,14). The zero-order valence-corrected chi connectivity index (χ0v) is 10.4. The summed E-state index contributed by atoms with van der Waals surface area (Å²) in [6.45, 7) is 0.535. The van der Waals surface area contributed by atoms with Crippen molar-refractivity contribution in [3.63, 3.8) is 0 Å². The van der Waals surface area contributed by atoms with Crippen LogP contribution in [0.2, 0.25) is 0 Å². The molecule has 1 atom stereocenters. The number of rotatable bonds is 2. The summed E-state index contributed by atoms with van der Waals surface area (Å²) in [6.07, 6.45) is 3.03. The van der Waals surface area contributed by atoms with E-state index < -0.39 is 10.2 Å². The first-order valence-corrected chi connectivity index (χ1v) is 7.81. The summed E-state index contributed by atoms with van der Waals surface area (Å²) >= 11 is 1.72. The molecule has 0 spiro atoms. The van der Waals surface area contributed by atoms with Gasteiger partial charge >= 0.3 is 0 Å². The van der Waals surface area contributed by atoms with Gasteiger partial charge in [0.25, 0.3) is 10.2 Å². The smallest absolute Gasteiger partial charge is 0.216 e. The van der Waals surface area contributed by atoms with Crippen molar-refractivity contribution in [2.75, 3.05) is 6.54 Å². The Morgan fingerprint density at radius 2 is 2.19 bits per heavy atom. The average molecular weight is 258 g/mol. The third kappa shape index (κ3) is 1.69. The van der Waals surface area contributed by atoms with Crippen molar-refractivity contribution < 1.29 is 8.42 Å². The number of thiophene rings is 1. The second-order valence-corrected chi connectivity index (χ2v) is 6.99.